The Morgan fingerprint density at radius 1 is 1.06 bits per heavy atom. The van der Waals surface area contributed by atoms with Gasteiger partial charge in [-0.2, -0.15) is 0 Å². The van der Waals surface area contributed by atoms with Gasteiger partial charge in [0.05, 0.1) is 36.5 Å². The molecule has 32 heavy (non-hydrogen) atoms. The Balaban J connectivity index is 1.91. The first-order valence-electron chi connectivity index (χ1n) is 9.68. The standard InChI is InChI=1S/C24H18Cl2N2O4/c1-32-19-10-9-16(26)12-18(19)22(29)20-21(14-5-7-15(25)8-6-14)28(24(31)23(20)30)13-17-4-2-3-11-27-17/h2-12,21,29H,13H2,1H3/b22-20+. The molecule has 4 rings (SSSR count). The lowest BCUT2D eigenvalue weighted by molar-refractivity contribution is -0.140. The Morgan fingerprint density at radius 3 is 2.44 bits per heavy atom. The predicted molar refractivity (Wildman–Crippen MR) is 122 cm³/mol. The van der Waals surface area contributed by atoms with Crippen molar-refractivity contribution in [3.8, 4) is 5.75 Å². The Morgan fingerprint density at radius 2 is 1.78 bits per heavy atom. The van der Waals surface area contributed by atoms with Gasteiger partial charge in [0.2, 0.25) is 0 Å². The minimum atomic E-state index is -0.849. The molecule has 1 unspecified atom stereocenters. The molecule has 1 N–H and O–H groups in total. The maximum absolute atomic E-state index is 13.1. The molecule has 0 aliphatic carbocycles. The number of carbonyl (C=O) groups excluding carboxylic acids is 2. The van der Waals surface area contributed by atoms with Gasteiger partial charge in [0, 0.05) is 16.2 Å². The molecule has 0 spiro atoms. The molecule has 0 saturated carbocycles. The van der Waals surface area contributed by atoms with E-state index < -0.39 is 17.7 Å². The van der Waals surface area contributed by atoms with Crippen LogP contribution in [0.4, 0.5) is 0 Å². The monoisotopic (exact) mass is 468 g/mol. The van der Waals surface area contributed by atoms with Gasteiger partial charge >= 0.3 is 0 Å². The quantitative estimate of drug-likeness (QED) is 0.323. The highest BCUT2D eigenvalue weighted by molar-refractivity contribution is 6.46. The number of aliphatic hydroxyl groups is 1. The van der Waals surface area contributed by atoms with E-state index >= 15 is 0 Å². The number of pyridine rings is 1. The van der Waals surface area contributed by atoms with Crippen LogP contribution in [0.25, 0.3) is 5.76 Å². The number of amides is 1. The highest BCUT2D eigenvalue weighted by atomic mass is 35.5. The third kappa shape index (κ3) is 4.07. The number of hydrogen-bond acceptors (Lipinski definition) is 5. The van der Waals surface area contributed by atoms with E-state index in [0.29, 0.717) is 27.1 Å². The molecule has 162 valence electrons. The van der Waals surface area contributed by atoms with Gasteiger partial charge < -0.3 is 14.7 Å². The van der Waals surface area contributed by atoms with Gasteiger partial charge in [-0.05, 0) is 48.0 Å². The minimum absolute atomic E-state index is 0.0613. The fraction of sp³-hybridized carbons (Fsp3) is 0.125. The highest BCUT2D eigenvalue weighted by Crippen LogP contribution is 2.42. The first-order chi connectivity index (χ1) is 15.4. The number of methoxy groups -OCH3 is 1. The van der Waals surface area contributed by atoms with Crippen molar-refractivity contribution in [2.24, 2.45) is 0 Å². The van der Waals surface area contributed by atoms with Crippen molar-refractivity contribution in [2.45, 2.75) is 12.6 Å². The number of hydrogen-bond donors (Lipinski definition) is 1. The number of rotatable bonds is 5. The van der Waals surface area contributed by atoms with Crippen LogP contribution in [0.3, 0.4) is 0 Å². The van der Waals surface area contributed by atoms with E-state index in [1.54, 1.807) is 60.8 Å². The number of ketones is 1. The average Bonchev–Trinajstić information content (AvgIpc) is 3.04. The molecule has 6 nitrogen and oxygen atoms in total. The Labute approximate surface area is 194 Å². The van der Waals surface area contributed by atoms with Crippen molar-refractivity contribution in [1.82, 2.24) is 9.88 Å². The number of nitrogens with zero attached hydrogens (tertiary/aromatic N) is 2. The third-order valence-electron chi connectivity index (χ3n) is 5.20. The largest absolute Gasteiger partial charge is 0.507 e. The number of aliphatic hydroxyl groups excluding tert-OH is 1. The molecule has 1 aliphatic rings. The van der Waals surface area contributed by atoms with E-state index in [9.17, 15) is 14.7 Å². The van der Waals surface area contributed by atoms with E-state index in [2.05, 4.69) is 4.98 Å². The molecular weight excluding hydrogens is 451 g/mol. The zero-order chi connectivity index (χ0) is 22.8. The van der Waals surface area contributed by atoms with E-state index in [4.69, 9.17) is 27.9 Å². The Bertz CT molecular complexity index is 1210. The summed E-state index contributed by atoms with van der Waals surface area (Å²) in [5.74, 6) is -1.59. The van der Waals surface area contributed by atoms with Crippen molar-refractivity contribution >= 4 is 40.7 Å². The molecule has 1 saturated heterocycles. The van der Waals surface area contributed by atoms with Gasteiger partial charge in [-0.15, -0.1) is 0 Å². The second-order valence-electron chi connectivity index (χ2n) is 7.14. The number of benzene rings is 2. The van der Waals surface area contributed by atoms with Crippen molar-refractivity contribution in [2.75, 3.05) is 7.11 Å². The van der Waals surface area contributed by atoms with Gasteiger partial charge in [0.15, 0.2) is 0 Å². The third-order valence-corrected chi connectivity index (χ3v) is 5.69. The molecule has 1 atom stereocenters. The van der Waals surface area contributed by atoms with Crippen LogP contribution in [0.15, 0.2) is 72.4 Å². The lowest BCUT2D eigenvalue weighted by Crippen LogP contribution is -2.29. The lowest BCUT2D eigenvalue weighted by atomic mass is 9.95. The topological polar surface area (TPSA) is 79.7 Å². The van der Waals surface area contributed by atoms with Crippen LogP contribution in [-0.4, -0.2) is 33.8 Å². The number of carbonyl (C=O) groups is 2. The number of aromatic nitrogens is 1. The number of ether oxygens (including phenoxy) is 1. The van der Waals surface area contributed by atoms with E-state index in [-0.39, 0.29) is 23.4 Å². The summed E-state index contributed by atoms with van der Waals surface area (Å²) in [5.41, 5.74) is 1.38. The second kappa shape index (κ2) is 9.02. The molecule has 2 heterocycles. The summed E-state index contributed by atoms with van der Waals surface area (Å²) in [5, 5.41) is 12.1. The molecule has 1 aromatic heterocycles. The van der Waals surface area contributed by atoms with Crippen LogP contribution in [0.5, 0.6) is 5.75 Å². The van der Waals surface area contributed by atoms with E-state index in [0.717, 1.165) is 0 Å². The lowest BCUT2D eigenvalue weighted by Gasteiger charge is -2.25. The van der Waals surface area contributed by atoms with Crippen LogP contribution < -0.4 is 4.74 Å². The highest BCUT2D eigenvalue weighted by Gasteiger charge is 2.46. The van der Waals surface area contributed by atoms with Crippen LogP contribution in [0.2, 0.25) is 10.0 Å². The van der Waals surface area contributed by atoms with Crippen molar-refractivity contribution < 1.29 is 19.4 Å². The van der Waals surface area contributed by atoms with Crippen LogP contribution in [0, 0.1) is 0 Å². The van der Waals surface area contributed by atoms with Crippen LogP contribution in [0.1, 0.15) is 22.9 Å². The van der Waals surface area contributed by atoms with E-state index in [1.165, 1.54) is 18.1 Å². The Hall–Kier alpha value is -3.35. The van der Waals surface area contributed by atoms with Gasteiger partial charge in [-0.1, -0.05) is 41.4 Å². The molecule has 8 heteroatoms. The van der Waals surface area contributed by atoms with Gasteiger partial charge in [0.1, 0.15) is 11.5 Å². The Kier molecular flexibility index (Phi) is 6.17. The van der Waals surface area contributed by atoms with Crippen LogP contribution in [-0.2, 0) is 16.1 Å². The van der Waals surface area contributed by atoms with E-state index in [1.807, 2.05) is 0 Å². The smallest absolute Gasteiger partial charge is 0.296 e. The first kappa shape index (κ1) is 21.9. The molecule has 1 amide bonds. The fourth-order valence-corrected chi connectivity index (χ4v) is 4.01. The summed E-state index contributed by atoms with van der Waals surface area (Å²) in [4.78, 5) is 31.8. The SMILES string of the molecule is COc1ccc(Cl)cc1/C(O)=C1\C(=O)C(=O)N(Cc2ccccn2)C1c1ccc(Cl)cc1. The number of likely N-dealkylation sites (tertiary alicyclic amines) is 1. The average molecular weight is 469 g/mol. The summed E-state index contributed by atoms with van der Waals surface area (Å²) >= 11 is 12.2. The first-order valence-corrected chi connectivity index (χ1v) is 10.4. The number of halogens is 2. The molecule has 2 aromatic carbocycles. The minimum Gasteiger partial charge on any atom is -0.507 e. The molecule has 1 fully saturated rings. The molecule has 1 aliphatic heterocycles. The molecular formula is C24H18Cl2N2O4. The summed E-state index contributed by atoms with van der Waals surface area (Å²) in [6.45, 7) is 0.0855. The summed E-state index contributed by atoms with van der Waals surface area (Å²) in [7, 11) is 1.44. The summed E-state index contributed by atoms with van der Waals surface area (Å²) in [6, 6.07) is 15.9. The zero-order valence-corrected chi connectivity index (χ0v) is 18.5. The normalized spacial score (nSPS) is 17.6. The zero-order valence-electron chi connectivity index (χ0n) is 17.0. The fourth-order valence-electron chi connectivity index (χ4n) is 3.71. The van der Waals surface area contributed by atoms with Crippen LogP contribution >= 0.6 is 23.2 Å². The van der Waals surface area contributed by atoms with Gasteiger partial charge in [-0.3, -0.25) is 14.6 Å². The molecule has 0 bridgehead atoms. The molecule has 3 aromatic rings. The maximum atomic E-state index is 13.1. The molecule has 0 radical (unpaired) electrons. The van der Waals surface area contributed by atoms with Gasteiger partial charge in [-0.25, -0.2) is 0 Å². The van der Waals surface area contributed by atoms with Gasteiger partial charge in [0.25, 0.3) is 11.7 Å². The van der Waals surface area contributed by atoms with Crippen molar-refractivity contribution in [3.05, 3.63) is 99.3 Å². The summed E-state index contributed by atoms with van der Waals surface area (Å²) < 4.78 is 5.33. The summed E-state index contributed by atoms with van der Waals surface area (Å²) in [6.07, 6.45) is 1.61. The van der Waals surface area contributed by atoms with Crippen molar-refractivity contribution in [3.63, 3.8) is 0 Å². The second-order valence-corrected chi connectivity index (χ2v) is 8.02. The number of Topliss-reactive ketones (excluding diaryl/α,β-unsaturated/α-hetero) is 1. The van der Waals surface area contributed by atoms with Crippen molar-refractivity contribution in [1.29, 1.82) is 0 Å². The predicted octanol–water partition coefficient (Wildman–Crippen LogP) is 5.02. The maximum Gasteiger partial charge on any atom is 0.296 e.